The molecule has 0 atom stereocenters. The Hall–Kier alpha value is -2.15. The van der Waals surface area contributed by atoms with E-state index in [-0.39, 0.29) is 18.7 Å². The van der Waals surface area contributed by atoms with E-state index < -0.39 is 24.2 Å². The zero-order valence-electron chi connectivity index (χ0n) is 10.4. The number of benzene rings is 1. The lowest BCUT2D eigenvalue weighted by Gasteiger charge is -2.18. The molecule has 0 radical (unpaired) electrons. The highest BCUT2D eigenvalue weighted by Gasteiger charge is 2.15. The quantitative estimate of drug-likeness (QED) is 0.738. The molecule has 0 saturated heterocycles. The summed E-state index contributed by atoms with van der Waals surface area (Å²) in [6.45, 7) is -0.669. The number of hydrogen-bond acceptors (Lipinski definition) is 4. The van der Waals surface area contributed by atoms with E-state index in [9.17, 15) is 14.0 Å². The molecule has 1 amide bonds. The number of halogens is 1. The second-order valence-electron chi connectivity index (χ2n) is 3.96. The molecule has 0 aliphatic carbocycles. The van der Waals surface area contributed by atoms with Gasteiger partial charge in [0, 0.05) is 18.2 Å². The first-order valence-corrected chi connectivity index (χ1v) is 5.47. The lowest BCUT2D eigenvalue weighted by molar-refractivity contribution is -0.138. The van der Waals surface area contributed by atoms with Crippen LogP contribution >= 0.6 is 0 Å². The van der Waals surface area contributed by atoms with Crippen molar-refractivity contribution in [2.24, 2.45) is 5.73 Å². The van der Waals surface area contributed by atoms with Gasteiger partial charge in [0.15, 0.2) is 0 Å². The monoisotopic (exact) mass is 270 g/mol. The number of primary amides is 1. The third-order valence-electron chi connectivity index (χ3n) is 2.39. The number of nitrogens with two attached hydrogens (primary N) is 1. The van der Waals surface area contributed by atoms with Crippen molar-refractivity contribution in [2.45, 2.75) is 6.54 Å². The summed E-state index contributed by atoms with van der Waals surface area (Å²) in [7, 11) is 1.41. The zero-order valence-corrected chi connectivity index (χ0v) is 10.4. The Morgan fingerprint density at radius 1 is 1.42 bits per heavy atom. The molecule has 1 rings (SSSR count). The van der Waals surface area contributed by atoms with E-state index in [4.69, 9.17) is 15.6 Å². The van der Waals surface area contributed by atoms with Crippen LogP contribution < -0.4 is 10.5 Å². The average molecular weight is 270 g/mol. The Labute approximate surface area is 109 Å². The number of ether oxygens (including phenoxy) is 1. The minimum absolute atomic E-state index is 0.0228. The highest BCUT2D eigenvalue weighted by atomic mass is 19.1. The predicted molar refractivity (Wildman–Crippen MR) is 65.1 cm³/mol. The molecule has 0 aliphatic rings. The number of carboxylic acid groups (broad SMARTS) is 1. The molecular formula is C12H15FN2O4. The van der Waals surface area contributed by atoms with Gasteiger partial charge in [0.05, 0.1) is 20.2 Å². The van der Waals surface area contributed by atoms with E-state index in [0.29, 0.717) is 5.75 Å². The van der Waals surface area contributed by atoms with Crippen LogP contribution in [-0.4, -0.2) is 42.1 Å². The zero-order chi connectivity index (χ0) is 14.4. The number of hydrogen-bond donors (Lipinski definition) is 2. The average Bonchev–Trinajstić information content (AvgIpc) is 2.30. The molecule has 0 bridgehead atoms. The first kappa shape index (κ1) is 14.9. The van der Waals surface area contributed by atoms with E-state index in [1.807, 2.05) is 0 Å². The van der Waals surface area contributed by atoms with Gasteiger partial charge in [-0.2, -0.15) is 0 Å². The van der Waals surface area contributed by atoms with Gasteiger partial charge in [0.1, 0.15) is 11.6 Å². The Morgan fingerprint density at radius 2 is 2.11 bits per heavy atom. The van der Waals surface area contributed by atoms with Gasteiger partial charge in [0.2, 0.25) is 5.91 Å². The van der Waals surface area contributed by atoms with Crippen molar-refractivity contribution in [3.63, 3.8) is 0 Å². The Kier molecular flexibility index (Phi) is 5.25. The van der Waals surface area contributed by atoms with Crippen LogP contribution in [0.5, 0.6) is 5.75 Å². The van der Waals surface area contributed by atoms with Crippen LogP contribution in [0.1, 0.15) is 5.56 Å². The fourth-order valence-corrected chi connectivity index (χ4v) is 1.60. The van der Waals surface area contributed by atoms with Crippen molar-refractivity contribution in [1.29, 1.82) is 0 Å². The molecule has 0 saturated carbocycles. The Morgan fingerprint density at radius 3 is 2.58 bits per heavy atom. The molecule has 0 unspecified atom stereocenters. The fraction of sp³-hybridized carbons (Fsp3) is 0.333. The number of carbonyl (C=O) groups excluding carboxylic acids is 1. The van der Waals surface area contributed by atoms with Crippen molar-refractivity contribution in [3.8, 4) is 5.75 Å². The molecule has 7 heteroatoms. The summed E-state index contributed by atoms with van der Waals surface area (Å²) in [5.41, 5.74) is 5.29. The first-order chi connectivity index (χ1) is 8.92. The van der Waals surface area contributed by atoms with E-state index in [1.165, 1.54) is 24.1 Å². The summed E-state index contributed by atoms with van der Waals surface area (Å²) in [5.74, 6) is -1.95. The van der Waals surface area contributed by atoms with Crippen LogP contribution in [0, 0.1) is 5.82 Å². The number of carboxylic acids is 1. The Balaban J connectivity index is 2.83. The summed E-state index contributed by atoms with van der Waals surface area (Å²) in [5, 5.41) is 8.72. The van der Waals surface area contributed by atoms with Gasteiger partial charge >= 0.3 is 5.97 Å². The largest absolute Gasteiger partial charge is 0.497 e. The molecule has 0 heterocycles. The summed E-state index contributed by atoms with van der Waals surface area (Å²) in [4.78, 5) is 22.7. The van der Waals surface area contributed by atoms with Crippen molar-refractivity contribution in [2.75, 3.05) is 20.2 Å². The number of methoxy groups -OCH3 is 1. The fourth-order valence-electron chi connectivity index (χ4n) is 1.60. The van der Waals surface area contributed by atoms with Crippen molar-refractivity contribution < 1.29 is 23.8 Å². The number of nitrogens with zero attached hydrogens (tertiary/aromatic N) is 1. The van der Waals surface area contributed by atoms with Crippen molar-refractivity contribution in [3.05, 3.63) is 29.6 Å². The maximum Gasteiger partial charge on any atom is 0.317 e. The van der Waals surface area contributed by atoms with Gasteiger partial charge in [-0.3, -0.25) is 14.5 Å². The highest BCUT2D eigenvalue weighted by molar-refractivity contribution is 5.77. The normalized spacial score (nSPS) is 10.5. The standard InChI is InChI=1S/C12H15FN2O4/c1-19-9-3-2-8(10(13)4-9)5-15(6-11(14)16)7-12(17)18/h2-4H,5-7H2,1H3,(H2,14,16)(H,17,18). The smallest absolute Gasteiger partial charge is 0.317 e. The van der Waals surface area contributed by atoms with Crippen LogP contribution in [0.2, 0.25) is 0 Å². The van der Waals surface area contributed by atoms with Gasteiger partial charge in [-0.1, -0.05) is 6.07 Å². The molecule has 1 aromatic carbocycles. The number of amides is 1. The topological polar surface area (TPSA) is 92.9 Å². The van der Waals surface area contributed by atoms with Crippen LogP contribution in [-0.2, 0) is 16.1 Å². The van der Waals surface area contributed by atoms with Gasteiger partial charge in [-0.05, 0) is 6.07 Å². The minimum Gasteiger partial charge on any atom is -0.497 e. The maximum atomic E-state index is 13.7. The lowest BCUT2D eigenvalue weighted by atomic mass is 10.2. The second-order valence-corrected chi connectivity index (χ2v) is 3.96. The molecule has 0 fully saturated rings. The SMILES string of the molecule is COc1ccc(CN(CC(N)=O)CC(=O)O)c(F)c1. The Bertz CT molecular complexity index is 463. The molecule has 0 aromatic heterocycles. The van der Waals surface area contributed by atoms with Crippen LogP contribution in [0.4, 0.5) is 4.39 Å². The predicted octanol–water partition coefficient (Wildman–Crippen LogP) is 0.206. The summed E-state index contributed by atoms with van der Waals surface area (Å²) >= 11 is 0. The first-order valence-electron chi connectivity index (χ1n) is 5.47. The van der Waals surface area contributed by atoms with Crippen LogP contribution in [0.25, 0.3) is 0 Å². The number of carbonyl (C=O) groups is 2. The van der Waals surface area contributed by atoms with E-state index in [2.05, 4.69) is 0 Å². The van der Waals surface area contributed by atoms with Crippen molar-refractivity contribution in [1.82, 2.24) is 4.90 Å². The molecule has 104 valence electrons. The van der Waals surface area contributed by atoms with E-state index in [0.717, 1.165) is 0 Å². The van der Waals surface area contributed by atoms with Gasteiger partial charge < -0.3 is 15.6 Å². The molecule has 3 N–H and O–H groups in total. The van der Waals surface area contributed by atoms with Crippen LogP contribution in [0.3, 0.4) is 0 Å². The second kappa shape index (κ2) is 6.69. The highest BCUT2D eigenvalue weighted by Crippen LogP contribution is 2.17. The van der Waals surface area contributed by atoms with Gasteiger partial charge in [0.25, 0.3) is 0 Å². The van der Waals surface area contributed by atoms with Gasteiger partial charge in [-0.15, -0.1) is 0 Å². The molecule has 0 spiro atoms. The van der Waals surface area contributed by atoms with Crippen LogP contribution in [0.15, 0.2) is 18.2 Å². The molecule has 19 heavy (non-hydrogen) atoms. The van der Waals surface area contributed by atoms with Crippen molar-refractivity contribution >= 4 is 11.9 Å². The third-order valence-corrected chi connectivity index (χ3v) is 2.39. The molecule has 1 aromatic rings. The molecule has 6 nitrogen and oxygen atoms in total. The summed E-state index contributed by atoms with van der Waals surface area (Å²) in [6, 6.07) is 4.23. The summed E-state index contributed by atoms with van der Waals surface area (Å²) < 4.78 is 18.6. The number of aliphatic carboxylic acids is 1. The van der Waals surface area contributed by atoms with E-state index >= 15 is 0 Å². The van der Waals surface area contributed by atoms with Gasteiger partial charge in [-0.25, -0.2) is 4.39 Å². The van der Waals surface area contributed by atoms with E-state index in [1.54, 1.807) is 6.07 Å². The number of rotatable bonds is 7. The molecular weight excluding hydrogens is 255 g/mol. The third kappa shape index (κ3) is 4.92. The maximum absolute atomic E-state index is 13.7. The summed E-state index contributed by atoms with van der Waals surface area (Å²) in [6.07, 6.45) is 0. The molecule has 0 aliphatic heterocycles. The minimum atomic E-state index is -1.12. The lowest BCUT2D eigenvalue weighted by Crippen LogP contribution is -2.37.